The number of hydrogen-bond acceptors (Lipinski definition) is 5. The molecule has 0 radical (unpaired) electrons. The molecule has 184 valence electrons. The lowest BCUT2D eigenvalue weighted by Gasteiger charge is -2.43. The van der Waals surface area contributed by atoms with Gasteiger partial charge in [-0.25, -0.2) is 4.79 Å². The average molecular weight is 479 g/mol. The zero-order valence-corrected chi connectivity index (χ0v) is 19.5. The van der Waals surface area contributed by atoms with Gasteiger partial charge < -0.3 is 25.2 Å². The van der Waals surface area contributed by atoms with Crippen LogP contribution in [0.4, 0.5) is 4.79 Å². The topological polar surface area (TPSA) is 116 Å². The number of carboxylic acid groups (broad SMARTS) is 1. The molecule has 0 spiro atoms. The Morgan fingerprint density at radius 3 is 2.20 bits per heavy atom. The molecule has 2 fully saturated rings. The molecule has 0 aromatic heterocycles. The Kier molecular flexibility index (Phi) is 6.23. The third kappa shape index (κ3) is 4.62. The predicted octanol–water partition coefficient (Wildman–Crippen LogP) is 3.13. The van der Waals surface area contributed by atoms with Crippen LogP contribution in [0.5, 0.6) is 0 Å². The molecular formula is C27H30N2O6. The fourth-order valence-corrected chi connectivity index (χ4v) is 5.66. The molecule has 1 saturated carbocycles. The van der Waals surface area contributed by atoms with Gasteiger partial charge in [0.05, 0.1) is 24.0 Å². The number of ether oxygens (including phenoxy) is 1. The first kappa shape index (κ1) is 23.4. The first-order valence-corrected chi connectivity index (χ1v) is 12.2. The van der Waals surface area contributed by atoms with Crippen molar-refractivity contribution in [2.75, 3.05) is 19.7 Å². The van der Waals surface area contributed by atoms with E-state index in [2.05, 4.69) is 29.6 Å². The number of nitrogens with zero attached hydrogens (tertiary/aromatic N) is 1. The second-order valence-electron chi connectivity index (χ2n) is 9.98. The molecule has 2 aromatic rings. The Balaban J connectivity index is 1.21. The SMILES string of the molecule is O=C(NC1(CC(=O)N2CC(O)CC(C(=O)O)C2)CCC1)OCC1c2ccccc2-c2ccccc21. The Bertz CT molecular complexity index is 1100. The van der Waals surface area contributed by atoms with Crippen LogP contribution in [0.15, 0.2) is 48.5 Å². The van der Waals surface area contributed by atoms with Gasteiger partial charge in [-0.1, -0.05) is 48.5 Å². The number of aliphatic carboxylic acids is 1. The minimum Gasteiger partial charge on any atom is -0.481 e. The van der Waals surface area contributed by atoms with E-state index in [1.165, 1.54) is 4.90 Å². The molecule has 5 rings (SSSR count). The number of hydrogen-bond donors (Lipinski definition) is 3. The van der Waals surface area contributed by atoms with Crippen LogP contribution in [0.1, 0.15) is 49.1 Å². The van der Waals surface area contributed by atoms with Crippen molar-refractivity contribution in [2.45, 2.75) is 49.7 Å². The molecule has 35 heavy (non-hydrogen) atoms. The number of benzene rings is 2. The third-order valence-corrected chi connectivity index (χ3v) is 7.64. The van der Waals surface area contributed by atoms with Gasteiger partial charge >= 0.3 is 12.1 Å². The zero-order chi connectivity index (χ0) is 24.6. The lowest BCUT2D eigenvalue weighted by atomic mass is 9.74. The van der Waals surface area contributed by atoms with E-state index in [0.29, 0.717) is 12.8 Å². The second kappa shape index (κ2) is 9.34. The maximum absolute atomic E-state index is 13.0. The highest BCUT2D eigenvalue weighted by Crippen LogP contribution is 2.44. The molecular weight excluding hydrogens is 448 g/mol. The van der Waals surface area contributed by atoms with Gasteiger partial charge in [0, 0.05) is 19.0 Å². The summed E-state index contributed by atoms with van der Waals surface area (Å²) < 4.78 is 5.67. The van der Waals surface area contributed by atoms with Crippen molar-refractivity contribution in [3.8, 4) is 11.1 Å². The fraction of sp³-hybridized carbons (Fsp3) is 0.444. The van der Waals surface area contributed by atoms with Crippen LogP contribution in [-0.4, -0.2) is 64.4 Å². The number of carbonyl (C=O) groups is 3. The summed E-state index contributed by atoms with van der Waals surface area (Å²) in [5, 5.41) is 22.3. The summed E-state index contributed by atoms with van der Waals surface area (Å²) in [6.45, 7) is 0.387. The highest BCUT2D eigenvalue weighted by atomic mass is 16.5. The van der Waals surface area contributed by atoms with E-state index in [1.807, 2.05) is 24.3 Å². The lowest BCUT2D eigenvalue weighted by molar-refractivity contribution is -0.149. The molecule has 3 aliphatic rings. The molecule has 3 N–H and O–H groups in total. The molecule has 8 nitrogen and oxygen atoms in total. The fourth-order valence-electron chi connectivity index (χ4n) is 5.66. The zero-order valence-electron chi connectivity index (χ0n) is 19.5. The van der Waals surface area contributed by atoms with Crippen molar-refractivity contribution >= 4 is 18.0 Å². The third-order valence-electron chi connectivity index (χ3n) is 7.64. The van der Waals surface area contributed by atoms with Crippen LogP contribution in [0, 0.1) is 5.92 Å². The number of carboxylic acids is 1. The molecule has 2 unspecified atom stereocenters. The Labute approximate surface area is 203 Å². The lowest BCUT2D eigenvalue weighted by Crippen LogP contribution is -2.57. The van der Waals surface area contributed by atoms with E-state index in [-0.39, 0.29) is 44.4 Å². The van der Waals surface area contributed by atoms with Crippen molar-refractivity contribution in [3.05, 3.63) is 59.7 Å². The van der Waals surface area contributed by atoms with Crippen LogP contribution in [-0.2, 0) is 14.3 Å². The minimum absolute atomic E-state index is 0.0464. The van der Waals surface area contributed by atoms with E-state index in [4.69, 9.17) is 4.74 Å². The quantitative estimate of drug-likeness (QED) is 0.588. The Hall–Kier alpha value is -3.39. The summed E-state index contributed by atoms with van der Waals surface area (Å²) in [6.07, 6.45) is 0.988. The van der Waals surface area contributed by atoms with E-state index < -0.39 is 29.6 Å². The van der Waals surface area contributed by atoms with Crippen LogP contribution >= 0.6 is 0 Å². The summed E-state index contributed by atoms with van der Waals surface area (Å²) in [6, 6.07) is 16.3. The molecule has 1 aliphatic heterocycles. The molecule has 1 saturated heterocycles. The van der Waals surface area contributed by atoms with Gasteiger partial charge in [-0.2, -0.15) is 0 Å². The molecule has 2 amide bonds. The summed E-state index contributed by atoms with van der Waals surface area (Å²) in [7, 11) is 0. The van der Waals surface area contributed by atoms with Gasteiger partial charge in [-0.15, -0.1) is 0 Å². The smallest absolute Gasteiger partial charge is 0.407 e. The van der Waals surface area contributed by atoms with Gasteiger partial charge in [0.25, 0.3) is 0 Å². The summed E-state index contributed by atoms with van der Waals surface area (Å²) in [4.78, 5) is 38.6. The molecule has 2 aliphatic carbocycles. The highest BCUT2D eigenvalue weighted by molar-refractivity contribution is 5.81. The number of β-amino-alcohol motifs (C(OH)–C–C–N with tert-alkyl or cyclic N) is 1. The van der Waals surface area contributed by atoms with Crippen molar-refractivity contribution in [1.29, 1.82) is 0 Å². The van der Waals surface area contributed by atoms with E-state index in [9.17, 15) is 24.6 Å². The minimum atomic E-state index is -1.02. The molecule has 0 bridgehead atoms. The standard InChI is InChI=1S/C27H30N2O6/c30-18-12-17(25(32)33)14-29(15-18)24(31)13-27(10-5-11-27)28-26(34)35-16-23-21-8-3-1-6-19(21)20-7-2-4-9-22(20)23/h1-4,6-9,17-18,23,30H,5,10-16H2,(H,28,34)(H,32,33). The van der Waals surface area contributed by atoms with Crippen LogP contribution < -0.4 is 5.32 Å². The Morgan fingerprint density at radius 1 is 1.00 bits per heavy atom. The van der Waals surface area contributed by atoms with Crippen molar-refractivity contribution in [3.63, 3.8) is 0 Å². The second-order valence-corrected chi connectivity index (χ2v) is 9.98. The van der Waals surface area contributed by atoms with E-state index in [1.54, 1.807) is 0 Å². The van der Waals surface area contributed by atoms with Crippen LogP contribution in [0.3, 0.4) is 0 Å². The average Bonchev–Trinajstić information content (AvgIpc) is 3.14. The largest absolute Gasteiger partial charge is 0.481 e. The van der Waals surface area contributed by atoms with E-state index >= 15 is 0 Å². The molecule has 8 heteroatoms. The summed E-state index contributed by atoms with van der Waals surface area (Å²) in [5.41, 5.74) is 3.88. The van der Waals surface area contributed by atoms with Gasteiger partial charge in [-0.05, 0) is 47.9 Å². The van der Waals surface area contributed by atoms with Gasteiger partial charge in [0.2, 0.25) is 5.91 Å². The van der Waals surface area contributed by atoms with E-state index in [0.717, 1.165) is 28.7 Å². The first-order valence-electron chi connectivity index (χ1n) is 12.2. The summed E-state index contributed by atoms with van der Waals surface area (Å²) >= 11 is 0. The predicted molar refractivity (Wildman–Crippen MR) is 128 cm³/mol. The van der Waals surface area contributed by atoms with Crippen molar-refractivity contribution in [2.24, 2.45) is 5.92 Å². The van der Waals surface area contributed by atoms with Gasteiger partial charge in [-0.3, -0.25) is 9.59 Å². The van der Waals surface area contributed by atoms with Gasteiger partial charge in [0.1, 0.15) is 6.61 Å². The van der Waals surface area contributed by atoms with Gasteiger partial charge in [0.15, 0.2) is 0 Å². The van der Waals surface area contributed by atoms with Crippen LogP contribution in [0.2, 0.25) is 0 Å². The van der Waals surface area contributed by atoms with Crippen LogP contribution in [0.25, 0.3) is 11.1 Å². The number of rotatable bonds is 6. The number of nitrogens with one attached hydrogen (secondary N) is 1. The van der Waals surface area contributed by atoms with Crippen molar-refractivity contribution < 1.29 is 29.3 Å². The first-order chi connectivity index (χ1) is 16.8. The Morgan fingerprint density at radius 2 is 1.63 bits per heavy atom. The number of fused-ring (bicyclic) bond motifs is 3. The highest BCUT2D eigenvalue weighted by Gasteiger charge is 2.43. The maximum Gasteiger partial charge on any atom is 0.407 e. The molecule has 2 atom stereocenters. The normalized spacial score (nSPS) is 22.5. The number of aliphatic hydroxyl groups is 1. The number of carbonyl (C=O) groups excluding carboxylic acids is 2. The number of aliphatic hydroxyl groups excluding tert-OH is 1. The summed E-state index contributed by atoms with van der Waals surface area (Å²) in [5.74, 6) is -2.10. The monoisotopic (exact) mass is 478 g/mol. The molecule has 2 aromatic carbocycles. The maximum atomic E-state index is 13.0. The number of amides is 2. The number of piperidine rings is 1. The number of likely N-dealkylation sites (tertiary alicyclic amines) is 1. The molecule has 1 heterocycles. The number of alkyl carbamates (subject to hydrolysis) is 1. The van der Waals surface area contributed by atoms with Crippen molar-refractivity contribution in [1.82, 2.24) is 10.2 Å².